The van der Waals surface area contributed by atoms with E-state index in [9.17, 15) is 4.79 Å². The lowest BCUT2D eigenvalue weighted by Gasteiger charge is -2.16. The second kappa shape index (κ2) is 9.47. The van der Waals surface area contributed by atoms with E-state index in [0.29, 0.717) is 30.0 Å². The van der Waals surface area contributed by atoms with Gasteiger partial charge in [0.15, 0.2) is 0 Å². The molecular formula is C15H25ClN2O3. The van der Waals surface area contributed by atoms with E-state index in [4.69, 9.17) is 15.2 Å². The fourth-order valence-corrected chi connectivity index (χ4v) is 1.66. The molecule has 0 saturated carbocycles. The van der Waals surface area contributed by atoms with Gasteiger partial charge in [0.2, 0.25) is 5.91 Å². The molecule has 6 heteroatoms. The number of nitrogens with two attached hydrogens (primary N) is 1. The minimum Gasteiger partial charge on any atom is -0.497 e. The van der Waals surface area contributed by atoms with Crippen molar-refractivity contribution in [3.63, 3.8) is 0 Å². The standard InChI is InChI=1S/C15H24N2O3.ClH/c1-10(2)20-14-7-6-12(19-4)9-13(14)17-15(18)8-5-11(3)16;/h6-7,9-11H,5,8,16H2,1-4H3,(H,17,18);1H. The highest BCUT2D eigenvalue weighted by atomic mass is 35.5. The first-order valence-corrected chi connectivity index (χ1v) is 6.82. The van der Waals surface area contributed by atoms with Crippen molar-refractivity contribution in [1.82, 2.24) is 0 Å². The fourth-order valence-electron chi connectivity index (χ4n) is 1.66. The third kappa shape index (κ3) is 7.20. The number of anilines is 1. The molecule has 3 N–H and O–H groups in total. The smallest absolute Gasteiger partial charge is 0.224 e. The zero-order valence-corrected chi connectivity index (χ0v) is 13.8. The maximum Gasteiger partial charge on any atom is 0.224 e. The molecule has 21 heavy (non-hydrogen) atoms. The van der Waals surface area contributed by atoms with Gasteiger partial charge >= 0.3 is 0 Å². The van der Waals surface area contributed by atoms with E-state index in [0.717, 1.165) is 0 Å². The Morgan fingerprint density at radius 3 is 2.52 bits per heavy atom. The summed E-state index contributed by atoms with van der Waals surface area (Å²) in [6.07, 6.45) is 1.06. The van der Waals surface area contributed by atoms with Gasteiger partial charge in [-0.1, -0.05) is 0 Å². The summed E-state index contributed by atoms with van der Waals surface area (Å²) < 4.78 is 10.8. The van der Waals surface area contributed by atoms with E-state index >= 15 is 0 Å². The molecule has 1 unspecified atom stereocenters. The van der Waals surface area contributed by atoms with Crippen LogP contribution < -0.4 is 20.5 Å². The van der Waals surface area contributed by atoms with Crippen molar-refractivity contribution in [2.24, 2.45) is 5.73 Å². The van der Waals surface area contributed by atoms with Gasteiger partial charge in [-0.05, 0) is 39.3 Å². The Balaban J connectivity index is 0.00000400. The van der Waals surface area contributed by atoms with Crippen LogP contribution in [0.15, 0.2) is 18.2 Å². The average Bonchev–Trinajstić information content (AvgIpc) is 2.38. The van der Waals surface area contributed by atoms with Gasteiger partial charge in [0.25, 0.3) is 0 Å². The highest BCUT2D eigenvalue weighted by molar-refractivity contribution is 5.92. The summed E-state index contributed by atoms with van der Waals surface area (Å²) in [7, 11) is 1.58. The quantitative estimate of drug-likeness (QED) is 0.811. The normalized spacial score (nSPS) is 11.5. The van der Waals surface area contributed by atoms with Gasteiger partial charge < -0.3 is 20.5 Å². The molecular weight excluding hydrogens is 292 g/mol. The van der Waals surface area contributed by atoms with Crippen molar-refractivity contribution in [3.05, 3.63) is 18.2 Å². The van der Waals surface area contributed by atoms with Crippen molar-refractivity contribution < 1.29 is 14.3 Å². The molecule has 1 amide bonds. The second-order valence-electron chi connectivity index (χ2n) is 5.09. The number of halogens is 1. The van der Waals surface area contributed by atoms with Crippen LogP contribution in [-0.2, 0) is 4.79 Å². The maximum atomic E-state index is 11.9. The van der Waals surface area contributed by atoms with Crippen LogP contribution in [-0.4, -0.2) is 25.2 Å². The number of hydrogen-bond acceptors (Lipinski definition) is 4. The number of hydrogen-bond donors (Lipinski definition) is 2. The molecule has 0 aliphatic heterocycles. The van der Waals surface area contributed by atoms with Crippen LogP contribution in [0.3, 0.4) is 0 Å². The van der Waals surface area contributed by atoms with Crippen molar-refractivity contribution in [1.29, 1.82) is 0 Å². The first kappa shape index (κ1) is 19.5. The summed E-state index contributed by atoms with van der Waals surface area (Å²) in [4.78, 5) is 11.9. The summed E-state index contributed by atoms with van der Waals surface area (Å²) in [6, 6.07) is 5.36. The first-order valence-electron chi connectivity index (χ1n) is 6.82. The number of benzene rings is 1. The number of methoxy groups -OCH3 is 1. The number of amides is 1. The molecule has 0 saturated heterocycles. The maximum absolute atomic E-state index is 11.9. The molecule has 120 valence electrons. The molecule has 0 bridgehead atoms. The largest absolute Gasteiger partial charge is 0.497 e. The molecule has 0 aliphatic rings. The van der Waals surface area contributed by atoms with Gasteiger partial charge in [-0.15, -0.1) is 12.4 Å². The van der Waals surface area contributed by atoms with Crippen molar-refractivity contribution in [2.75, 3.05) is 12.4 Å². The molecule has 5 nitrogen and oxygen atoms in total. The number of carbonyl (C=O) groups excluding carboxylic acids is 1. The zero-order chi connectivity index (χ0) is 15.1. The van der Waals surface area contributed by atoms with Gasteiger partial charge in [0, 0.05) is 18.5 Å². The molecule has 0 radical (unpaired) electrons. The average molecular weight is 317 g/mol. The third-order valence-corrected chi connectivity index (χ3v) is 2.65. The minimum absolute atomic E-state index is 0. The third-order valence-electron chi connectivity index (χ3n) is 2.65. The number of rotatable bonds is 7. The molecule has 1 aromatic carbocycles. The SMILES string of the molecule is COc1ccc(OC(C)C)c(NC(=O)CCC(C)N)c1.Cl. The highest BCUT2D eigenvalue weighted by Gasteiger charge is 2.11. The molecule has 0 heterocycles. The molecule has 1 aromatic rings. The van der Waals surface area contributed by atoms with Gasteiger partial charge in [0.1, 0.15) is 11.5 Å². The van der Waals surface area contributed by atoms with Crippen molar-refractivity contribution in [2.45, 2.75) is 45.8 Å². The van der Waals surface area contributed by atoms with Crippen molar-refractivity contribution >= 4 is 24.0 Å². The Morgan fingerprint density at radius 1 is 1.33 bits per heavy atom. The van der Waals surface area contributed by atoms with E-state index in [2.05, 4.69) is 5.32 Å². The predicted octanol–water partition coefficient (Wildman–Crippen LogP) is 2.97. The van der Waals surface area contributed by atoms with Crippen LogP contribution in [0.25, 0.3) is 0 Å². The van der Waals surface area contributed by atoms with Crippen LogP contribution >= 0.6 is 12.4 Å². The molecule has 1 atom stereocenters. The number of ether oxygens (including phenoxy) is 2. The molecule has 1 rings (SSSR count). The van der Waals surface area contributed by atoms with E-state index in [1.54, 1.807) is 25.3 Å². The highest BCUT2D eigenvalue weighted by Crippen LogP contribution is 2.30. The topological polar surface area (TPSA) is 73.6 Å². The number of carbonyl (C=O) groups is 1. The lowest BCUT2D eigenvalue weighted by atomic mass is 10.2. The molecule has 0 aliphatic carbocycles. The Kier molecular flexibility index (Phi) is 8.81. The van der Waals surface area contributed by atoms with Gasteiger partial charge in [-0.25, -0.2) is 0 Å². The second-order valence-corrected chi connectivity index (χ2v) is 5.09. The van der Waals surface area contributed by atoms with Crippen LogP contribution in [0.4, 0.5) is 5.69 Å². The van der Waals surface area contributed by atoms with Crippen LogP contribution in [0.1, 0.15) is 33.6 Å². The van der Waals surface area contributed by atoms with E-state index in [1.807, 2.05) is 20.8 Å². The summed E-state index contributed by atoms with van der Waals surface area (Å²) >= 11 is 0. The summed E-state index contributed by atoms with van der Waals surface area (Å²) in [5.74, 6) is 1.22. The fraction of sp³-hybridized carbons (Fsp3) is 0.533. The van der Waals surface area contributed by atoms with Gasteiger partial charge in [0.05, 0.1) is 18.9 Å². The van der Waals surface area contributed by atoms with E-state index < -0.39 is 0 Å². The summed E-state index contributed by atoms with van der Waals surface area (Å²) in [6.45, 7) is 5.75. The Labute approximate surface area is 132 Å². The van der Waals surface area contributed by atoms with Crippen molar-refractivity contribution in [3.8, 4) is 11.5 Å². The Hall–Kier alpha value is -1.46. The Morgan fingerprint density at radius 2 is 2.00 bits per heavy atom. The first-order chi connectivity index (χ1) is 9.42. The van der Waals surface area contributed by atoms with E-state index in [-0.39, 0.29) is 30.5 Å². The van der Waals surface area contributed by atoms with E-state index in [1.165, 1.54) is 0 Å². The lowest BCUT2D eigenvalue weighted by molar-refractivity contribution is -0.116. The molecule has 0 aromatic heterocycles. The summed E-state index contributed by atoms with van der Waals surface area (Å²) in [5.41, 5.74) is 6.27. The predicted molar refractivity (Wildman–Crippen MR) is 87.5 cm³/mol. The Bertz CT molecular complexity index is 451. The zero-order valence-electron chi connectivity index (χ0n) is 13.0. The monoisotopic (exact) mass is 316 g/mol. The van der Waals surface area contributed by atoms with Crippen LogP contribution in [0.2, 0.25) is 0 Å². The van der Waals surface area contributed by atoms with Gasteiger partial charge in [-0.2, -0.15) is 0 Å². The number of nitrogens with one attached hydrogen (secondary N) is 1. The summed E-state index contributed by atoms with van der Waals surface area (Å²) in [5, 5.41) is 2.85. The minimum atomic E-state index is -0.0795. The van der Waals surface area contributed by atoms with Crippen LogP contribution in [0.5, 0.6) is 11.5 Å². The molecule has 0 fully saturated rings. The van der Waals surface area contributed by atoms with Gasteiger partial charge in [-0.3, -0.25) is 4.79 Å². The van der Waals surface area contributed by atoms with Crippen LogP contribution in [0, 0.1) is 0 Å². The lowest BCUT2D eigenvalue weighted by Crippen LogP contribution is -2.20. The molecule has 0 spiro atoms.